The predicted molar refractivity (Wildman–Crippen MR) is 125 cm³/mol. The van der Waals surface area contributed by atoms with Crippen LogP contribution in [0, 0.1) is 17.6 Å². The molecule has 0 aliphatic heterocycles. The van der Waals surface area contributed by atoms with Crippen molar-refractivity contribution in [1.29, 1.82) is 0 Å². The molecule has 0 atom stereocenters. The smallest absolute Gasteiger partial charge is 0.203 e. The summed E-state index contributed by atoms with van der Waals surface area (Å²) in [5.41, 5.74) is -5.98. The Bertz CT molecular complexity index is 1030. The molecular weight excluding hydrogens is 488 g/mol. The van der Waals surface area contributed by atoms with Gasteiger partial charge in [0.05, 0.1) is 11.1 Å². The van der Waals surface area contributed by atoms with Crippen LogP contribution in [-0.2, 0) is 18.8 Å². The number of hydrogen-bond donors (Lipinski definition) is 0. The average molecular weight is 521 g/mol. The van der Waals surface area contributed by atoms with E-state index < -0.39 is 57.7 Å². The van der Waals surface area contributed by atoms with Crippen LogP contribution in [0.2, 0.25) is 0 Å². The van der Waals surface area contributed by atoms with E-state index >= 15 is 0 Å². The molecule has 1 aliphatic rings. The maximum atomic E-state index is 14.9. The fourth-order valence-corrected chi connectivity index (χ4v) is 5.49. The van der Waals surface area contributed by atoms with Crippen LogP contribution in [0.1, 0.15) is 99.8 Å². The van der Waals surface area contributed by atoms with Crippen molar-refractivity contribution in [2.75, 3.05) is 0 Å². The van der Waals surface area contributed by atoms with Crippen molar-refractivity contribution in [3.8, 4) is 11.1 Å². The standard InChI is InChI=1S/C28H32F8/c1-3-5-6-8-17-9-11-18(12-10-17)20-15-16-21(24(28(34,35)36)23(20)27(31,32)33)22-14-13-19(7-4-2)25(29)26(22)30/h13-18H,3-12H2,1-2H3. The first-order valence-corrected chi connectivity index (χ1v) is 12.7. The van der Waals surface area contributed by atoms with E-state index in [4.69, 9.17) is 0 Å². The molecule has 3 rings (SSSR count). The Morgan fingerprint density at radius 1 is 0.694 bits per heavy atom. The third kappa shape index (κ3) is 6.23. The Morgan fingerprint density at radius 2 is 1.31 bits per heavy atom. The Labute approximate surface area is 207 Å². The van der Waals surface area contributed by atoms with E-state index in [1.54, 1.807) is 6.92 Å². The van der Waals surface area contributed by atoms with Gasteiger partial charge in [-0.25, -0.2) is 8.78 Å². The summed E-state index contributed by atoms with van der Waals surface area (Å²) in [6.45, 7) is 3.80. The van der Waals surface area contributed by atoms with Gasteiger partial charge in [0, 0.05) is 5.56 Å². The average Bonchev–Trinajstić information content (AvgIpc) is 2.81. The first-order chi connectivity index (χ1) is 16.9. The molecule has 1 aliphatic carbocycles. The van der Waals surface area contributed by atoms with Crippen molar-refractivity contribution in [2.24, 2.45) is 5.92 Å². The van der Waals surface area contributed by atoms with Crippen LogP contribution in [0.3, 0.4) is 0 Å². The number of hydrogen-bond acceptors (Lipinski definition) is 0. The Balaban J connectivity index is 2.10. The lowest BCUT2D eigenvalue weighted by Gasteiger charge is -2.32. The molecule has 0 spiro atoms. The lowest BCUT2D eigenvalue weighted by molar-refractivity contribution is -0.162. The van der Waals surface area contributed by atoms with Crippen molar-refractivity contribution in [1.82, 2.24) is 0 Å². The van der Waals surface area contributed by atoms with Crippen molar-refractivity contribution in [3.05, 3.63) is 58.2 Å². The zero-order valence-corrected chi connectivity index (χ0v) is 20.6. The van der Waals surface area contributed by atoms with E-state index in [1.807, 2.05) is 0 Å². The molecule has 36 heavy (non-hydrogen) atoms. The van der Waals surface area contributed by atoms with Gasteiger partial charge in [-0.15, -0.1) is 0 Å². The topological polar surface area (TPSA) is 0 Å². The number of aryl methyl sites for hydroxylation is 1. The van der Waals surface area contributed by atoms with E-state index in [0.29, 0.717) is 38.0 Å². The molecule has 0 saturated heterocycles. The number of halogens is 8. The van der Waals surface area contributed by atoms with E-state index in [-0.39, 0.29) is 12.0 Å². The van der Waals surface area contributed by atoms with Gasteiger partial charge >= 0.3 is 12.4 Å². The molecular formula is C28H32F8. The molecule has 1 saturated carbocycles. The van der Waals surface area contributed by atoms with Crippen molar-refractivity contribution >= 4 is 0 Å². The molecule has 0 amide bonds. The molecule has 0 aromatic heterocycles. The molecule has 1 fully saturated rings. The molecule has 0 unspecified atom stereocenters. The monoisotopic (exact) mass is 520 g/mol. The van der Waals surface area contributed by atoms with Crippen LogP contribution in [0.5, 0.6) is 0 Å². The Hall–Kier alpha value is -2.12. The summed E-state index contributed by atoms with van der Waals surface area (Å²) >= 11 is 0. The van der Waals surface area contributed by atoms with Crippen LogP contribution in [0.4, 0.5) is 35.1 Å². The minimum absolute atomic E-state index is 0.0318. The van der Waals surface area contributed by atoms with Gasteiger partial charge in [-0.1, -0.05) is 70.2 Å². The molecule has 0 bridgehead atoms. The van der Waals surface area contributed by atoms with Gasteiger partial charge < -0.3 is 0 Å². The fourth-order valence-electron chi connectivity index (χ4n) is 5.49. The number of unbranched alkanes of at least 4 members (excludes halogenated alkanes) is 2. The molecule has 0 N–H and O–H groups in total. The summed E-state index contributed by atoms with van der Waals surface area (Å²) in [4.78, 5) is 0. The summed E-state index contributed by atoms with van der Waals surface area (Å²) in [5, 5.41) is 0. The Kier molecular flexibility index (Phi) is 9.10. The minimum atomic E-state index is -5.42. The summed E-state index contributed by atoms with van der Waals surface area (Å²) < 4.78 is 115. The highest BCUT2D eigenvalue weighted by atomic mass is 19.4. The third-order valence-electron chi connectivity index (χ3n) is 7.28. The van der Waals surface area contributed by atoms with E-state index in [2.05, 4.69) is 6.92 Å². The van der Waals surface area contributed by atoms with Crippen LogP contribution < -0.4 is 0 Å². The highest BCUT2D eigenvalue weighted by Crippen LogP contribution is 2.51. The van der Waals surface area contributed by atoms with Crippen LogP contribution in [-0.4, -0.2) is 0 Å². The molecule has 2 aromatic rings. The zero-order valence-electron chi connectivity index (χ0n) is 20.6. The lowest BCUT2D eigenvalue weighted by atomic mass is 9.74. The zero-order chi connectivity index (χ0) is 26.7. The number of benzene rings is 2. The summed E-state index contributed by atoms with van der Waals surface area (Å²) in [6, 6.07) is 3.98. The van der Waals surface area contributed by atoms with Gasteiger partial charge in [0.25, 0.3) is 0 Å². The second kappa shape index (κ2) is 11.5. The first kappa shape index (κ1) is 28.5. The molecule has 200 valence electrons. The van der Waals surface area contributed by atoms with Gasteiger partial charge in [-0.2, -0.15) is 26.3 Å². The van der Waals surface area contributed by atoms with Gasteiger partial charge in [0.15, 0.2) is 11.6 Å². The molecule has 0 nitrogen and oxygen atoms in total. The van der Waals surface area contributed by atoms with E-state index in [1.165, 1.54) is 0 Å². The maximum Gasteiger partial charge on any atom is 0.417 e. The van der Waals surface area contributed by atoms with Crippen LogP contribution in [0.25, 0.3) is 11.1 Å². The molecule has 0 heterocycles. The summed E-state index contributed by atoms with van der Waals surface area (Å²) in [6.07, 6.45) is -3.92. The first-order valence-electron chi connectivity index (χ1n) is 12.7. The largest absolute Gasteiger partial charge is 0.417 e. The van der Waals surface area contributed by atoms with Crippen molar-refractivity contribution in [3.63, 3.8) is 0 Å². The van der Waals surface area contributed by atoms with Crippen molar-refractivity contribution in [2.45, 2.75) is 96.3 Å². The predicted octanol–water partition coefficient (Wildman–Crippen LogP) is 10.5. The normalized spacial score (nSPS) is 19.1. The molecule has 8 heteroatoms. The highest BCUT2D eigenvalue weighted by Gasteiger charge is 2.48. The van der Waals surface area contributed by atoms with Crippen molar-refractivity contribution < 1.29 is 35.1 Å². The van der Waals surface area contributed by atoms with Crippen LogP contribution in [0.15, 0.2) is 24.3 Å². The third-order valence-corrected chi connectivity index (χ3v) is 7.28. The molecule has 0 radical (unpaired) electrons. The lowest BCUT2D eigenvalue weighted by Crippen LogP contribution is -2.23. The van der Waals surface area contributed by atoms with Gasteiger partial charge in [-0.05, 0) is 60.6 Å². The van der Waals surface area contributed by atoms with Gasteiger partial charge in [0.1, 0.15) is 0 Å². The fraction of sp³-hybridized carbons (Fsp3) is 0.571. The van der Waals surface area contributed by atoms with E-state index in [0.717, 1.165) is 49.9 Å². The van der Waals surface area contributed by atoms with Crippen LogP contribution >= 0.6 is 0 Å². The maximum absolute atomic E-state index is 14.9. The number of alkyl halides is 6. The van der Waals surface area contributed by atoms with E-state index in [9.17, 15) is 35.1 Å². The Morgan fingerprint density at radius 3 is 1.86 bits per heavy atom. The second-order valence-electron chi connectivity index (χ2n) is 9.81. The highest BCUT2D eigenvalue weighted by molar-refractivity contribution is 5.72. The van der Waals surface area contributed by atoms with Gasteiger partial charge in [-0.3, -0.25) is 0 Å². The quantitative estimate of drug-likeness (QED) is 0.240. The van der Waals surface area contributed by atoms with Gasteiger partial charge in [0.2, 0.25) is 0 Å². The molecule has 2 aromatic carbocycles. The number of rotatable bonds is 8. The SMILES string of the molecule is CCCCCC1CCC(c2ccc(-c3ccc(CCC)c(F)c3F)c(C(F)(F)F)c2C(F)(F)F)CC1. The second-order valence-corrected chi connectivity index (χ2v) is 9.81. The summed E-state index contributed by atoms with van der Waals surface area (Å²) in [5.74, 6) is -3.21. The summed E-state index contributed by atoms with van der Waals surface area (Å²) in [7, 11) is 0. The minimum Gasteiger partial charge on any atom is -0.203 e.